The number of carbonyl (C=O) groups is 2. The third kappa shape index (κ3) is 5.18. The molecular weight excluding hydrogens is 338 g/mol. The van der Waals surface area contributed by atoms with E-state index in [1.54, 1.807) is 29.2 Å². The van der Waals surface area contributed by atoms with E-state index in [1.807, 2.05) is 30.3 Å². The summed E-state index contributed by atoms with van der Waals surface area (Å²) in [4.78, 5) is 26.8. The summed E-state index contributed by atoms with van der Waals surface area (Å²) in [5.74, 6) is 0.143. The topological polar surface area (TPSA) is 73.2 Å². The Labute approximate surface area is 159 Å². The largest absolute Gasteiger partial charge is 0.324 e. The summed E-state index contributed by atoms with van der Waals surface area (Å²) >= 11 is 0. The van der Waals surface area contributed by atoms with Crippen molar-refractivity contribution < 1.29 is 9.59 Å². The molecule has 2 amide bonds. The Morgan fingerprint density at radius 2 is 1.85 bits per heavy atom. The standard InChI is InChI=1S/C22H23N3O2/c23-15-18-8-11-20(12-9-18)24-22(27)25-14-4-7-19(16-25)21(26)13-10-17-5-2-1-3-6-17/h1-3,5-6,8-9,11-12,19H,4,7,10,13-14,16H2,(H,24,27)/t19-/m0/s1. The lowest BCUT2D eigenvalue weighted by atomic mass is 9.91. The first kappa shape index (κ1) is 18.7. The number of likely N-dealkylation sites (tertiary alicyclic amines) is 1. The second kappa shape index (κ2) is 9.00. The number of aryl methyl sites for hydroxylation is 1. The lowest BCUT2D eigenvalue weighted by molar-refractivity contribution is -0.124. The minimum absolute atomic E-state index is 0.0887. The molecule has 0 spiro atoms. The number of amides is 2. The van der Waals surface area contributed by atoms with E-state index in [4.69, 9.17) is 5.26 Å². The van der Waals surface area contributed by atoms with Crippen molar-refractivity contribution in [1.29, 1.82) is 5.26 Å². The van der Waals surface area contributed by atoms with Gasteiger partial charge in [-0.15, -0.1) is 0 Å². The molecule has 138 valence electrons. The molecule has 27 heavy (non-hydrogen) atoms. The Morgan fingerprint density at radius 1 is 1.11 bits per heavy atom. The predicted molar refractivity (Wildman–Crippen MR) is 104 cm³/mol. The third-order valence-corrected chi connectivity index (χ3v) is 4.93. The fourth-order valence-electron chi connectivity index (χ4n) is 3.37. The van der Waals surface area contributed by atoms with E-state index in [9.17, 15) is 9.59 Å². The van der Waals surface area contributed by atoms with E-state index in [-0.39, 0.29) is 17.7 Å². The monoisotopic (exact) mass is 361 g/mol. The molecule has 5 nitrogen and oxygen atoms in total. The molecule has 0 radical (unpaired) electrons. The average molecular weight is 361 g/mol. The molecule has 1 aliphatic heterocycles. The van der Waals surface area contributed by atoms with E-state index in [2.05, 4.69) is 11.4 Å². The minimum Gasteiger partial charge on any atom is -0.324 e. The Bertz CT molecular complexity index is 825. The van der Waals surface area contributed by atoms with Gasteiger partial charge in [-0.05, 0) is 49.1 Å². The fourth-order valence-corrected chi connectivity index (χ4v) is 3.37. The van der Waals surface area contributed by atoms with Gasteiger partial charge in [0.1, 0.15) is 5.78 Å². The summed E-state index contributed by atoms with van der Waals surface area (Å²) in [7, 11) is 0. The quantitative estimate of drug-likeness (QED) is 0.875. The van der Waals surface area contributed by atoms with Crippen LogP contribution in [0.25, 0.3) is 0 Å². The van der Waals surface area contributed by atoms with E-state index < -0.39 is 0 Å². The number of nitrogens with one attached hydrogen (secondary N) is 1. The number of benzene rings is 2. The predicted octanol–water partition coefficient (Wildman–Crippen LogP) is 4.00. The molecule has 0 bridgehead atoms. The maximum Gasteiger partial charge on any atom is 0.321 e. The van der Waals surface area contributed by atoms with Crippen molar-refractivity contribution >= 4 is 17.5 Å². The first-order valence-corrected chi connectivity index (χ1v) is 9.28. The van der Waals surface area contributed by atoms with E-state index >= 15 is 0 Å². The number of piperidine rings is 1. The molecule has 2 aromatic carbocycles. The van der Waals surface area contributed by atoms with Crippen LogP contribution in [0.3, 0.4) is 0 Å². The van der Waals surface area contributed by atoms with Gasteiger partial charge in [0, 0.05) is 31.1 Å². The molecule has 2 aromatic rings. The average Bonchev–Trinajstić information content (AvgIpc) is 2.73. The maximum absolute atomic E-state index is 12.6. The van der Waals surface area contributed by atoms with Crippen molar-refractivity contribution in [3.8, 4) is 6.07 Å². The van der Waals surface area contributed by atoms with Crippen molar-refractivity contribution in [3.63, 3.8) is 0 Å². The molecule has 1 aliphatic rings. The normalized spacial score (nSPS) is 16.4. The van der Waals surface area contributed by atoms with Gasteiger partial charge < -0.3 is 10.2 Å². The number of ketones is 1. The highest BCUT2D eigenvalue weighted by Crippen LogP contribution is 2.21. The van der Waals surface area contributed by atoms with E-state index in [0.717, 1.165) is 24.8 Å². The fraction of sp³-hybridized carbons (Fsp3) is 0.318. The van der Waals surface area contributed by atoms with E-state index in [1.165, 1.54) is 0 Å². The van der Waals surface area contributed by atoms with Crippen LogP contribution in [0.2, 0.25) is 0 Å². The molecule has 1 N–H and O–H groups in total. The highest BCUT2D eigenvalue weighted by molar-refractivity contribution is 5.90. The lowest BCUT2D eigenvalue weighted by Gasteiger charge is -2.32. The van der Waals surface area contributed by atoms with Gasteiger partial charge in [-0.25, -0.2) is 4.79 Å². The smallest absolute Gasteiger partial charge is 0.321 e. The number of carbonyl (C=O) groups excluding carboxylic acids is 2. The Balaban J connectivity index is 1.52. The van der Waals surface area contributed by atoms with Crippen molar-refractivity contribution in [1.82, 2.24) is 4.90 Å². The highest BCUT2D eigenvalue weighted by Gasteiger charge is 2.28. The molecule has 0 saturated carbocycles. The van der Waals surface area contributed by atoms with E-state index in [0.29, 0.717) is 30.8 Å². The maximum atomic E-state index is 12.6. The number of nitriles is 1. The van der Waals surface area contributed by atoms with Gasteiger partial charge in [0.15, 0.2) is 0 Å². The number of Topliss-reactive ketones (excluding diaryl/α,β-unsaturated/α-hetero) is 1. The summed E-state index contributed by atoms with van der Waals surface area (Å²) in [6, 6.07) is 18.6. The molecule has 0 unspecified atom stereocenters. The van der Waals surface area contributed by atoms with Crippen molar-refractivity contribution in [2.45, 2.75) is 25.7 Å². The number of urea groups is 1. The second-order valence-electron chi connectivity index (χ2n) is 6.86. The SMILES string of the molecule is N#Cc1ccc(NC(=O)N2CCC[C@H](C(=O)CCc3ccccc3)C2)cc1. The summed E-state index contributed by atoms with van der Waals surface area (Å²) in [6.07, 6.45) is 2.93. The number of hydrogen-bond donors (Lipinski definition) is 1. The van der Waals surface area contributed by atoms with Crippen LogP contribution in [0.1, 0.15) is 30.4 Å². The zero-order chi connectivity index (χ0) is 19.1. The molecular formula is C22H23N3O2. The number of rotatable bonds is 5. The Hall–Kier alpha value is -3.13. The summed E-state index contributed by atoms with van der Waals surface area (Å²) in [5.41, 5.74) is 2.36. The van der Waals surface area contributed by atoms with Crippen LogP contribution in [0.4, 0.5) is 10.5 Å². The zero-order valence-corrected chi connectivity index (χ0v) is 15.2. The van der Waals surface area contributed by atoms with Crippen LogP contribution in [-0.2, 0) is 11.2 Å². The van der Waals surface area contributed by atoms with Crippen LogP contribution < -0.4 is 5.32 Å². The lowest BCUT2D eigenvalue weighted by Crippen LogP contribution is -2.44. The molecule has 3 rings (SSSR count). The number of hydrogen-bond acceptors (Lipinski definition) is 3. The first-order chi connectivity index (χ1) is 13.2. The summed E-state index contributed by atoms with van der Waals surface area (Å²) < 4.78 is 0. The zero-order valence-electron chi connectivity index (χ0n) is 15.2. The molecule has 1 heterocycles. The molecule has 0 aliphatic carbocycles. The Morgan fingerprint density at radius 3 is 2.56 bits per heavy atom. The number of anilines is 1. The summed E-state index contributed by atoms with van der Waals surface area (Å²) in [6.45, 7) is 1.13. The molecule has 0 aromatic heterocycles. The van der Waals surface area contributed by atoms with Crippen molar-refractivity contribution in [2.24, 2.45) is 5.92 Å². The van der Waals surface area contributed by atoms with Crippen LogP contribution in [0.5, 0.6) is 0 Å². The first-order valence-electron chi connectivity index (χ1n) is 9.28. The number of nitrogens with zero attached hydrogens (tertiary/aromatic N) is 2. The van der Waals surface area contributed by atoms with Gasteiger partial charge >= 0.3 is 6.03 Å². The Kier molecular flexibility index (Phi) is 6.22. The van der Waals surface area contributed by atoms with Crippen LogP contribution in [0, 0.1) is 17.2 Å². The van der Waals surface area contributed by atoms with Gasteiger partial charge in [-0.1, -0.05) is 30.3 Å². The highest BCUT2D eigenvalue weighted by atomic mass is 16.2. The van der Waals surface area contributed by atoms with Gasteiger partial charge in [0.05, 0.1) is 11.6 Å². The molecule has 1 saturated heterocycles. The van der Waals surface area contributed by atoms with Crippen molar-refractivity contribution in [2.75, 3.05) is 18.4 Å². The molecule has 5 heteroatoms. The third-order valence-electron chi connectivity index (χ3n) is 4.93. The van der Waals surface area contributed by atoms with Gasteiger partial charge in [0.25, 0.3) is 0 Å². The van der Waals surface area contributed by atoms with Gasteiger partial charge in [-0.3, -0.25) is 4.79 Å². The molecule has 1 atom stereocenters. The molecule has 1 fully saturated rings. The van der Waals surface area contributed by atoms with Crippen molar-refractivity contribution in [3.05, 3.63) is 65.7 Å². The minimum atomic E-state index is -0.194. The summed E-state index contributed by atoms with van der Waals surface area (Å²) in [5, 5.41) is 11.7. The van der Waals surface area contributed by atoms with Crippen LogP contribution >= 0.6 is 0 Å². The second-order valence-corrected chi connectivity index (χ2v) is 6.86. The van der Waals surface area contributed by atoms with Gasteiger partial charge in [0.2, 0.25) is 0 Å². The van der Waals surface area contributed by atoms with Gasteiger partial charge in [-0.2, -0.15) is 5.26 Å². The van der Waals surface area contributed by atoms with Crippen LogP contribution in [-0.4, -0.2) is 29.8 Å². The van der Waals surface area contributed by atoms with Crippen LogP contribution in [0.15, 0.2) is 54.6 Å².